The maximum atomic E-state index is 9.87. The van der Waals surface area contributed by atoms with Crippen molar-refractivity contribution in [3.05, 3.63) is 30.2 Å². The highest BCUT2D eigenvalue weighted by atomic mass is 16.3. The molecular weight excluding hydrogens is 214 g/mol. The lowest BCUT2D eigenvalue weighted by atomic mass is 10.0. The first-order chi connectivity index (χ1) is 8.34. The van der Waals surface area contributed by atoms with Crippen molar-refractivity contribution in [2.24, 2.45) is 0 Å². The van der Waals surface area contributed by atoms with Crippen molar-refractivity contribution >= 4 is 5.52 Å². The number of aromatic nitrogens is 2. The highest BCUT2D eigenvalue weighted by molar-refractivity contribution is 5.48. The Balaban J connectivity index is 1.89. The van der Waals surface area contributed by atoms with Gasteiger partial charge in [0.1, 0.15) is 5.82 Å². The molecule has 1 atom stereocenters. The molecule has 2 N–H and O–H groups in total. The van der Waals surface area contributed by atoms with Gasteiger partial charge in [0.15, 0.2) is 5.88 Å². The van der Waals surface area contributed by atoms with Crippen molar-refractivity contribution in [1.29, 1.82) is 0 Å². The molecule has 3 heterocycles. The lowest BCUT2D eigenvalue weighted by molar-refractivity contribution is 0.389. The van der Waals surface area contributed by atoms with E-state index in [0.29, 0.717) is 6.04 Å². The van der Waals surface area contributed by atoms with Gasteiger partial charge >= 0.3 is 0 Å². The minimum absolute atomic E-state index is 0.269. The summed E-state index contributed by atoms with van der Waals surface area (Å²) in [7, 11) is 0. The van der Waals surface area contributed by atoms with E-state index in [1.54, 1.807) is 6.07 Å². The van der Waals surface area contributed by atoms with E-state index >= 15 is 0 Å². The number of hydrogen-bond donors (Lipinski definition) is 2. The summed E-state index contributed by atoms with van der Waals surface area (Å²) < 4.78 is 1.83. The lowest BCUT2D eigenvalue weighted by Crippen LogP contribution is -2.36. The molecule has 1 saturated heterocycles. The van der Waals surface area contributed by atoms with Gasteiger partial charge in [0.2, 0.25) is 0 Å². The monoisotopic (exact) mass is 231 g/mol. The molecule has 0 radical (unpaired) electrons. The van der Waals surface area contributed by atoms with E-state index in [-0.39, 0.29) is 5.88 Å². The van der Waals surface area contributed by atoms with Crippen LogP contribution in [0, 0.1) is 0 Å². The van der Waals surface area contributed by atoms with Gasteiger partial charge in [-0.2, -0.15) is 0 Å². The van der Waals surface area contributed by atoms with Crippen molar-refractivity contribution in [2.75, 3.05) is 6.54 Å². The number of rotatable bonds is 2. The molecule has 1 aliphatic heterocycles. The molecule has 90 valence electrons. The Bertz CT molecular complexity index is 514. The Kier molecular flexibility index (Phi) is 2.73. The summed E-state index contributed by atoms with van der Waals surface area (Å²) >= 11 is 0. The Morgan fingerprint density at radius 3 is 3.18 bits per heavy atom. The highest BCUT2D eigenvalue weighted by Crippen LogP contribution is 2.18. The van der Waals surface area contributed by atoms with Gasteiger partial charge in [-0.05, 0) is 31.5 Å². The first kappa shape index (κ1) is 10.6. The highest BCUT2D eigenvalue weighted by Gasteiger charge is 2.16. The molecule has 2 aromatic rings. The van der Waals surface area contributed by atoms with E-state index in [9.17, 15) is 5.11 Å². The SMILES string of the molecule is Oc1cccc2cnc(CC3CCCCN3)n12. The number of imidazole rings is 1. The summed E-state index contributed by atoms with van der Waals surface area (Å²) in [5.41, 5.74) is 0.954. The van der Waals surface area contributed by atoms with Crippen molar-refractivity contribution in [1.82, 2.24) is 14.7 Å². The van der Waals surface area contributed by atoms with Crippen molar-refractivity contribution in [3.63, 3.8) is 0 Å². The lowest BCUT2D eigenvalue weighted by Gasteiger charge is -2.22. The van der Waals surface area contributed by atoms with Crippen LogP contribution in [-0.2, 0) is 6.42 Å². The van der Waals surface area contributed by atoms with Crippen LogP contribution < -0.4 is 5.32 Å². The third kappa shape index (κ3) is 2.00. The topological polar surface area (TPSA) is 49.6 Å². The molecule has 0 amide bonds. The molecular formula is C13H17N3O. The van der Waals surface area contributed by atoms with Gasteiger partial charge in [0.25, 0.3) is 0 Å². The Hall–Kier alpha value is -1.55. The molecule has 17 heavy (non-hydrogen) atoms. The Labute approximate surface area is 100 Å². The quantitative estimate of drug-likeness (QED) is 0.827. The van der Waals surface area contributed by atoms with Crippen LogP contribution in [0.1, 0.15) is 25.1 Å². The van der Waals surface area contributed by atoms with Gasteiger partial charge in [0, 0.05) is 12.5 Å². The van der Waals surface area contributed by atoms with E-state index in [1.165, 1.54) is 19.3 Å². The number of aromatic hydroxyl groups is 1. The summed E-state index contributed by atoms with van der Waals surface area (Å²) in [6.45, 7) is 1.10. The van der Waals surface area contributed by atoms with Crippen LogP contribution in [0.4, 0.5) is 0 Å². The number of nitrogens with zero attached hydrogens (tertiary/aromatic N) is 2. The van der Waals surface area contributed by atoms with Crippen LogP contribution in [-0.4, -0.2) is 27.1 Å². The average Bonchev–Trinajstić information content (AvgIpc) is 2.75. The van der Waals surface area contributed by atoms with E-state index in [0.717, 1.165) is 24.3 Å². The first-order valence-electron chi connectivity index (χ1n) is 6.22. The largest absolute Gasteiger partial charge is 0.494 e. The van der Waals surface area contributed by atoms with Crippen molar-refractivity contribution in [2.45, 2.75) is 31.7 Å². The molecule has 4 nitrogen and oxygen atoms in total. The van der Waals surface area contributed by atoms with Crippen LogP contribution in [0.5, 0.6) is 5.88 Å². The fourth-order valence-electron chi connectivity index (χ4n) is 2.56. The van der Waals surface area contributed by atoms with Crippen LogP contribution >= 0.6 is 0 Å². The minimum atomic E-state index is 0.269. The zero-order valence-corrected chi connectivity index (χ0v) is 9.76. The molecule has 0 spiro atoms. The van der Waals surface area contributed by atoms with E-state index in [4.69, 9.17) is 0 Å². The maximum Gasteiger partial charge on any atom is 0.197 e. The predicted molar refractivity (Wildman–Crippen MR) is 66.2 cm³/mol. The molecule has 4 heteroatoms. The molecule has 1 fully saturated rings. The van der Waals surface area contributed by atoms with Crippen LogP contribution in [0.15, 0.2) is 24.4 Å². The number of nitrogens with one attached hydrogen (secondary N) is 1. The molecule has 0 saturated carbocycles. The van der Waals surface area contributed by atoms with Gasteiger partial charge in [0.05, 0.1) is 11.7 Å². The number of piperidine rings is 1. The summed E-state index contributed by atoms with van der Waals surface area (Å²) in [6, 6.07) is 6.00. The van der Waals surface area contributed by atoms with Crippen LogP contribution in [0.2, 0.25) is 0 Å². The molecule has 1 aliphatic rings. The van der Waals surface area contributed by atoms with Crippen LogP contribution in [0.25, 0.3) is 5.52 Å². The second-order valence-electron chi connectivity index (χ2n) is 4.67. The van der Waals surface area contributed by atoms with Gasteiger partial charge in [-0.1, -0.05) is 12.5 Å². The summed E-state index contributed by atoms with van der Waals surface area (Å²) in [6.07, 6.45) is 6.45. The number of hydrogen-bond acceptors (Lipinski definition) is 3. The normalized spacial score (nSPS) is 20.8. The van der Waals surface area contributed by atoms with Gasteiger partial charge in [-0.3, -0.25) is 4.40 Å². The van der Waals surface area contributed by atoms with E-state index in [2.05, 4.69) is 10.3 Å². The van der Waals surface area contributed by atoms with Crippen molar-refractivity contribution < 1.29 is 5.11 Å². The fraction of sp³-hybridized carbons (Fsp3) is 0.462. The van der Waals surface area contributed by atoms with Crippen LogP contribution in [0.3, 0.4) is 0 Å². The molecule has 0 aliphatic carbocycles. The third-order valence-electron chi connectivity index (χ3n) is 3.44. The third-order valence-corrected chi connectivity index (χ3v) is 3.44. The summed E-state index contributed by atoms with van der Waals surface area (Å²) in [5.74, 6) is 1.21. The average molecular weight is 231 g/mol. The Morgan fingerprint density at radius 2 is 2.35 bits per heavy atom. The second-order valence-corrected chi connectivity index (χ2v) is 4.67. The predicted octanol–water partition coefficient (Wildman–Crippen LogP) is 1.72. The zero-order chi connectivity index (χ0) is 11.7. The Morgan fingerprint density at radius 1 is 1.41 bits per heavy atom. The number of fused-ring (bicyclic) bond motifs is 1. The minimum Gasteiger partial charge on any atom is -0.494 e. The van der Waals surface area contributed by atoms with Crippen molar-refractivity contribution in [3.8, 4) is 5.88 Å². The number of pyridine rings is 1. The molecule has 0 aromatic carbocycles. The van der Waals surface area contributed by atoms with Gasteiger partial charge in [-0.15, -0.1) is 0 Å². The summed E-state index contributed by atoms with van der Waals surface area (Å²) in [4.78, 5) is 4.41. The zero-order valence-electron chi connectivity index (χ0n) is 9.76. The molecule has 1 unspecified atom stereocenters. The van der Waals surface area contributed by atoms with Gasteiger partial charge < -0.3 is 10.4 Å². The molecule has 0 bridgehead atoms. The smallest absolute Gasteiger partial charge is 0.197 e. The second kappa shape index (κ2) is 4.37. The standard InChI is InChI=1S/C13H17N3O/c17-13-6-3-5-11-9-15-12(16(11)13)8-10-4-1-2-7-14-10/h3,5-6,9-10,14,17H,1-2,4,7-8H2. The van der Waals surface area contributed by atoms with E-state index in [1.807, 2.05) is 22.7 Å². The molecule has 3 rings (SSSR count). The maximum absolute atomic E-state index is 9.87. The first-order valence-corrected chi connectivity index (χ1v) is 6.22. The fourth-order valence-corrected chi connectivity index (χ4v) is 2.56. The van der Waals surface area contributed by atoms with Gasteiger partial charge in [-0.25, -0.2) is 4.98 Å². The van der Waals surface area contributed by atoms with E-state index < -0.39 is 0 Å². The molecule has 2 aromatic heterocycles. The summed E-state index contributed by atoms with van der Waals surface area (Å²) in [5, 5.41) is 13.4.